The van der Waals surface area contributed by atoms with E-state index in [-0.39, 0.29) is 16.8 Å². The van der Waals surface area contributed by atoms with Gasteiger partial charge in [0, 0.05) is 6.04 Å². The molecule has 0 radical (unpaired) electrons. The fraction of sp³-hybridized carbons (Fsp3) is 0.200. The first-order valence-corrected chi connectivity index (χ1v) is 6.40. The summed E-state index contributed by atoms with van der Waals surface area (Å²) in [7, 11) is 0. The van der Waals surface area contributed by atoms with Gasteiger partial charge in [0.1, 0.15) is 11.6 Å². The van der Waals surface area contributed by atoms with Crippen LogP contribution in [0.5, 0.6) is 5.75 Å². The van der Waals surface area contributed by atoms with Gasteiger partial charge in [-0.25, -0.2) is 4.39 Å². The maximum absolute atomic E-state index is 13.7. The Morgan fingerprint density at radius 2 is 1.79 bits per heavy atom. The molecule has 0 bridgehead atoms. The fourth-order valence-corrected chi connectivity index (χ4v) is 2.19. The maximum Gasteiger partial charge on any atom is 0.145 e. The summed E-state index contributed by atoms with van der Waals surface area (Å²) in [6, 6.07) is 11.6. The van der Waals surface area contributed by atoms with Gasteiger partial charge in [0.15, 0.2) is 0 Å². The first-order chi connectivity index (χ1) is 9.06. The van der Waals surface area contributed by atoms with Gasteiger partial charge in [-0.15, -0.1) is 0 Å². The third kappa shape index (κ3) is 3.69. The molecule has 0 saturated heterocycles. The number of hydrogen-bond acceptors (Lipinski definition) is 2. The van der Waals surface area contributed by atoms with Gasteiger partial charge in [0.05, 0.1) is 5.02 Å². The van der Waals surface area contributed by atoms with E-state index in [1.807, 2.05) is 12.1 Å². The van der Waals surface area contributed by atoms with Crippen molar-refractivity contribution < 1.29 is 9.50 Å². The van der Waals surface area contributed by atoms with Gasteiger partial charge in [-0.05, 0) is 42.2 Å². The molecule has 0 amide bonds. The minimum absolute atomic E-state index is 0.120. The van der Waals surface area contributed by atoms with Gasteiger partial charge in [-0.1, -0.05) is 35.9 Å². The highest BCUT2D eigenvalue weighted by Gasteiger charge is 2.11. The number of hydrogen-bond donors (Lipinski definition) is 2. The largest absolute Gasteiger partial charge is 0.508 e. The standard InChI is InChI=1S/C15H15ClFNO/c16-14-3-1-2-11(15(14)17)9-12(18)8-10-4-6-13(19)7-5-10/h1-7,12,19H,8-9,18H2. The van der Waals surface area contributed by atoms with Crippen LogP contribution in [0.15, 0.2) is 42.5 Å². The lowest BCUT2D eigenvalue weighted by molar-refractivity contribution is 0.475. The van der Waals surface area contributed by atoms with E-state index >= 15 is 0 Å². The van der Waals surface area contributed by atoms with Crippen molar-refractivity contribution in [3.63, 3.8) is 0 Å². The highest BCUT2D eigenvalue weighted by atomic mass is 35.5. The molecule has 2 aromatic carbocycles. The summed E-state index contributed by atoms with van der Waals surface area (Å²) in [5.41, 5.74) is 7.56. The first-order valence-electron chi connectivity index (χ1n) is 6.02. The number of phenols is 1. The third-order valence-electron chi connectivity index (χ3n) is 2.95. The van der Waals surface area contributed by atoms with Crippen LogP contribution in [0.4, 0.5) is 4.39 Å². The Morgan fingerprint density at radius 3 is 2.47 bits per heavy atom. The van der Waals surface area contributed by atoms with Gasteiger partial charge in [0.2, 0.25) is 0 Å². The van der Waals surface area contributed by atoms with Crippen molar-refractivity contribution in [2.45, 2.75) is 18.9 Å². The van der Waals surface area contributed by atoms with E-state index in [1.165, 1.54) is 6.07 Å². The van der Waals surface area contributed by atoms with Crippen molar-refractivity contribution in [1.29, 1.82) is 0 Å². The van der Waals surface area contributed by atoms with Gasteiger partial charge >= 0.3 is 0 Å². The normalized spacial score (nSPS) is 12.4. The fourth-order valence-electron chi connectivity index (χ4n) is 2.00. The van der Waals surface area contributed by atoms with Crippen LogP contribution < -0.4 is 5.73 Å². The van der Waals surface area contributed by atoms with Crippen LogP contribution in [0.1, 0.15) is 11.1 Å². The molecule has 4 heteroatoms. The molecule has 0 aromatic heterocycles. The monoisotopic (exact) mass is 279 g/mol. The minimum Gasteiger partial charge on any atom is -0.508 e. The molecule has 0 aliphatic heterocycles. The average molecular weight is 280 g/mol. The van der Waals surface area contributed by atoms with Crippen LogP contribution in [0, 0.1) is 5.82 Å². The summed E-state index contributed by atoms with van der Waals surface area (Å²) in [6.45, 7) is 0. The lowest BCUT2D eigenvalue weighted by atomic mass is 9.99. The molecule has 2 nitrogen and oxygen atoms in total. The molecule has 2 aromatic rings. The van der Waals surface area contributed by atoms with Crippen molar-refractivity contribution in [1.82, 2.24) is 0 Å². The second-order valence-electron chi connectivity index (χ2n) is 4.55. The molecule has 100 valence electrons. The van der Waals surface area contributed by atoms with Crippen LogP contribution >= 0.6 is 11.6 Å². The van der Waals surface area contributed by atoms with Crippen LogP contribution in [-0.4, -0.2) is 11.1 Å². The zero-order chi connectivity index (χ0) is 13.8. The van der Waals surface area contributed by atoms with Crippen LogP contribution in [0.3, 0.4) is 0 Å². The molecule has 0 aliphatic rings. The molecule has 1 atom stereocenters. The maximum atomic E-state index is 13.7. The quantitative estimate of drug-likeness (QED) is 0.902. The van der Waals surface area contributed by atoms with Crippen molar-refractivity contribution in [2.24, 2.45) is 5.73 Å². The van der Waals surface area contributed by atoms with Crippen molar-refractivity contribution in [3.8, 4) is 5.75 Å². The van der Waals surface area contributed by atoms with Crippen molar-refractivity contribution in [2.75, 3.05) is 0 Å². The summed E-state index contributed by atoms with van der Waals surface area (Å²) < 4.78 is 13.7. The van der Waals surface area contributed by atoms with E-state index in [4.69, 9.17) is 17.3 Å². The van der Waals surface area contributed by atoms with Crippen LogP contribution in [0.2, 0.25) is 5.02 Å². The predicted molar refractivity (Wildman–Crippen MR) is 74.9 cm³/mol. The summed E-state index contributed by atoms with van der Waals surface area (Å²) in [6.07, 6.45) is 1.04. The number of nitrogens with two attached hydrogens (primary N) is 1. The van der Waals surface area contributed by atoms with E-state index < -0.39 is 5.82 Å². The van der Waals surface area contributed by atoms with Crippen LogP contribution in [-0.2, 0) is 12.8 Å². The van der Waals surface area contributed by atoms with Gasteiger partial charge in [0.25, 0.3) is 0 Å². The predicted octanol–water partition coefficient (Wildman–Crippen LogP) is 3.30. The molecule has 1 unspecified atom stereocenters. The topological polar surface area (TPSA) is 46.2 Å². The van der Waals surface area contributed by atoms with E-state index in [2.05, 4.69) is 0 Å². The second-order valence-corrected chi connectivity index (χ2v) is 4.95. The Morgan fingerprint density at radius 1 is 1.11 bits per heavy atom. The Kier molecular flexibility index (Phi) is 4.40. The summed E-state index contributed by atoms with van der Waals surface area (Å²) in [5, 5.41) is 9.32. The highest BCUT2D eigenvalue weighted by Crippen LogP contribution is 2.19. The third-order valence-corrected chi connectivity index (χ3v) is 3.24. The number of halogens is 2. The highest BCUT2D eigenvalue weighted by molar-refractivity contribution is 6.30. The van der Waals surface area contributed by atoms with Crippen LogP contribution in [0.25, 0.3) is 0 Å². The van der Waals surface area contributed by atoms with Gasteiger partial charge in [-0.2, -0.15) is 0 Å². The average Bonchev–Trinajstić information content (AvgIpc) is 2.38. The van der Waals surface area contributed by atoms with Crippen molar-refractivity contribution >= 4 is 11.6 Å². The molecule has 0 saturated carbocycles. The minimum atomic E-state index is -0.398. The van der Waals surface area contributed by atoms with E-state index in [9.17, 15) is 9.50 Å². The Bertz CT molecular complexity index is 557. The molecule has 0 fully saturated rings. The first kappa shape index (κ1) is 13.8. The molecule has 3 N–H and O–H groups in total. The second kappa shape index (κ2) is 6.04. The molecular weight excluding hydrogens is 265 g/mol. The molecule has 0 spiro atoms. The lowest BCUT2D eigenvalue weighted by Gasteiger charge is -2.13. The summed E-state index contributed by atoms with van der Waals surface area (Å²) >= 11 is 5.73. The summed E-state index contributed by atoms with van der Waals surface area (Å²) in [4.78, 5) is 0. The number of phenolic OH excluding ortho intramolecular Hbond substituents is 1. The Labute approximate surface area is 116 Å². The smallest absolute Gasteiger partial charge is 0.145 e. The number of rotatable bonds is 4. The zero-order valence-corrected chi connectivity index (χ0v) is 11.1. The molecule has 0 heterocycles. The lowest BCUT2D eigenvalue weighted by Crippen LogP contribution is -2.26. The Balaban J connectivity index is 2.03. The van der Waals surface area contributed by atoms with E-state index in [0.717, 1.165) is 5.56 Å². The molecule has 19 heavy (non-hydrogen) atoms. The Hall–Kier alpha value is -1.58. The van der Waals surface area contributed by atoms with E-state index in [1.54, 1.807) is 24.3 Å². The van der Waals surface area contributed by atoms with Gasteiger partial charge < -0.3 is 10.8 Å². The van der Waals surface area contributed by atoms with Crippen molar-refractivity contribution in [3.05, 3.63) is 64.4 Å². The number of benzene rings is 2. The summed E-state index contributed by atoms with van der Waals surface area (Å²) in [5.74, 6) is -0.177. The molecule has 2 rings (SSSR count). The number of aromatic hydroxyl groups is 1. The molecular formula is C15H15ClFNO. The zero-order valence-electron chi connectivity index (χ0n) is 10.3. The van der Waals surface area contributed by atoms with E-state index in [0.29, 0.717) is 18.4 Å². The van der Waals surface area contributed by atoms with Gasteiger partial charge in [-0.3, -0.25) is 0 Å². The molecule has 0 aliphatic carbocycles. The SMILES string of the molecule is NC(Cc1ccc(O)cc1)Cc1cccc(Cl)c1F.